The maximum Gasteiger partial charge on any atom is 0.335 e. The number of anilines is 1. The fraction of sp³-hybridized carbons (Fsp3) is 0.0556. The van der Waals surface area contributed by atoms with Crippen LogP contribution in [0.25, 0.3) is 22.3 Å². The van der Waals surface area contributed by atoms with Crippen molar-refractivity contribution in [3.8, 4) is 22.3 Å². The van der Waals surface area contributed by atoms with Gasteiger partial charge in [0.05, 0.1) is 5.56 Å². The molecule has 3 aromatic rings. The molecule has 0 atom stereocenters. The molecule has 2 aromatic heterocycles. The number of hydrogen-bond donors (Lipinski definition) is 2. The van der Waals surface area contributed by atoms with Crippen molar-refractivity contribution in [2.75, 3.05) is 5.73 Å². The normalized spacial score (nSPS) is 10.5. The molecular weight excluding hydrogens is 290 g/mol. The van der Waals surface area contributed by atoms with Gasteiger partial charge in [0, 0.05) is 29.2 Å². The SMILES string of the molecule is Cc1nccc(-c2ccc(C(=O)O)cc2)c1-c1ccc(N)nc1. The molecule has 0 radical (unpaired) electrons. The lowest BCUT2D eigenvalue weighted by Crippen LogP contribution is -1.97. The first-order valence-corrected chi connectivity index (χ1v) is 7.07. The van der Waals surface area contributed by atoms with E-state index in [9.17, 15) is 4.79 Å². The molecule has 0 unspecified atom stereocenters. The minimum atomic E-state index is -0.939. The molecule has 5 nitrogen and oxygen atoms in total. The first-order valence-electron chi connectivity index (χ1n) is 7.07. The first kappa shape index (κ1) is 14.7. The highest BCUT2D eigenvalue weighted by atomic mass is 16.4. The van der Waals surface area contributed by atoms with Crippen LogP contribution in [0.1, 0.15) is 16.1 Å². The summed E-state index contributed by atoms with van der Waals surface area (Å²) in [6.07, 6.45) is 3.46. The van der Waals surface area contributed by atoms with E-state index in [2.05, 4.69) is 9.97 Å². The topological polar surface area (TPSA) is 89.1 Å². The van der Waals surface area contributed by atoms with E-state index < -0.39 is 5.97 Å². The van der Waals surface area contributed by atoms with Gasteiger partial charge in [0.15, 0.2) is 0 Å². The molecule has 3 rings (SSSR count). The molecular formula is C18H15N3O2. The molecule has 0 aliphatic carbocycles. The predicted molar refractivity (Wildman–Crippen MR) is 89.0 cm³/mol. The highest BCUT2D eigenvalue weighted by Crippen LogP contribution is 2.33. The molecule has 114 valence electrons. The maximum absolute atomic E-state index is 11.0. The molecule has 2 heterocycles. The van der Waals surface area contributed by atoms with E-state index in [0.717, 1.165) is 27.9 Å². The summed E-state index contributed by atoms with van der Waals surface area (Å²) in [5.74, 6) is -0.479. The smallest absolute Gasteiger partial charge is 0.335 e. The third kappa shape index (κ3) is 2.89. The molecule has 0 amide bonds. The average Bonchev–Trinajstić information content (AvgIpc) is 2.56. The number of carboxylic acids is 1. The number of carboxylic acid groups (broad SMARTS) is 1. The molecule has 1 aromatic carbocycles. The number of benzene rings is 1. The summed E-state index contributed by atoms with van der Waals surface area (Å²) in [5, 5.41) is 9.02. The minimum absolute atomic E-state index is 0.259. The molecule has 3 N–H and O–H groups in total. The number of pyridine rings is 2. The lowest BCUT2D eigenvalue weighted by molar-refractivity contribution is 0.0697. The summed E-state index contributed by atoms with van der Waals surface area (Å²) in [5.41, 5.74) is 10.6. The van der Waals surface area contributed by atoms with Crippen molar-refractivity contribution in [2.24, 2.45) is 0 Å². The van der Waals surface area contributed by atoms with Gasteiger partial charge in [0.1, 0.15) is 5.82 Å². The van der Waals surface area contributed by atoms with E-state index in [-0.39, 0.29) is 5.56 Å². The molecule has 0 spiro atoms. The van der Waals surface area contributed by atoms with Crippen LogP contribution in [0, 0.1) is 6.92 Å². The van der Waals surface area contributed by atoms with Gasteiger partial charge >= 0.3 is 5.97 Å². The van der Waals surface area contributed by atoms with E-state index in [1.54, 1.807) is 42.7 Å². The third-order valence-electron chi connectivity index (χ3n) is 3.66. The van der Waals surface area contributed by atoms with Crippen LogP contribution in [0.5, 0.6) is 0 Å². The number of nitrogens with zero attached hydrogens (tertiary/aromatic N) is 2. The first-order chi connectivity index (χ1) is 11.1. The molecule has 0 aliphatic heterocycles. The van der Waals surface area contributed by atoms with Crippen LogP contribution >= 0.6 is 0 Å². The Hall–Kier alpha value is -3.21. The molecule has 0 saturated heterocycles. The quantitative estimate of drug-likeness (QED) is 0.774. The van der Waals surface area contributed by atoms with Crippen LogP contribution in [-0.2, 0) is 0 Å². The summed E-state index contributed by atoms with van der Waals surface area (Å²) in [4.78, 5) is 19.5. The largest absolute Gasteiger partial charge is 0.478 e. The Morgan fingerprint density at radius 2 is 1.70 bits per heavy atom. The van der Waals surface area contributed by atoms with Crippen LogP contribution in [0.3, 0.4) is 0 Å². The van der Waals surface area contributed by atoms with Crippen LogP contribution in [0.2, 0.25) is 0 Å². The number of carbonyl (C=O) groups is 1. The third-order valence-corrected chi connectivity index (χ3v) is 3.66. The van der Waals surface area contributed by atoms with Crippen LogP contribution in [-0.4, -0.2) is 21.0 Å². The maximum atomic E-state index is 11.0. The van der Waals surface area contributed by atoms with E-state index in [1.165, 1.54) is 0 Å². The summed E-state index contributed by atoms with van der Waals surface area (Å²) in [7, 11) is 0. The standard InChI is InChI=1S/C18H15N3O2/c1-11-17(14-6-7-16(19)21-10-14)15(8-9-20-11)12-2-4-13(5-3-12)18(22)23/h2-10H,1H3,(H2,19,21)(H,22,23). The lowest BCUT2D eigenvalue weighted by Gasteiger charge is -2.12. The van der Waals surface area contributed by atoms with Gasteiger partial charge in [0.25, 0.3) is 0 Å². The van der Waals surface area contributed by atoms with Gasteiger partial charge in [-0.3, -0.25) is 4.98 Å². The predicted octanol–water partition coefficient (Wildman–Crippen LogP) is 3.40. The Morgan fingerprint density at radius 3 is 2.30 bits per heavy atom. The summed E-state index contributed by atoms with van der Waals surface area (Å²) < 4.78 is 0. The van der Waals surface area contributed by atoms with Crippen molar-refractivity contribution in [2.45, 2.75) is 6.92 Å². The van der Waals surface area contributed by atoms with Crippen molar-refractivity contribution in [1.29, 1.82) is 0 Å². The van der Waals surface area contributed by atoms with E-state index in [1.807, 2.05) is 19.1 Å². The highest BCUT2D eigenvalue weighted by molar-refractivity contribution is 5.90. The zero-order chi connectivity index (χ0) is 16.4. The van der Waals surface area contributed by atoms with E-state index in [4.69, 9.17) is 10.8 Å². The number of rotatable bonds is 3. The van der Waals surface area contributed by atoms with Crippen LogP contribution in [0.4, 0.5) is 5.82 Å². The number of hydrogen-bond acceptors (Lipinski definition) is 4. The zero-order valence-corrected chi connectivity index (χ0v) is 12.5. The molecule has 0 saturated carbocycles. The highest BCUT2D eigenvalue weighted by Gasteiger charge is 2.12. The summed E-state index contributed by atoms with van der Waals surface area (Å²) in [6.45, 7) is 1.93. The Morgan fingerprint density at radius 1 is 1.00 bits per heavy atom. The van der Waals surface area contributed by atoms with Gasteiger partial charge in [-0.15, -0.1) is 0 Å². The monoisotopic (exact) mass is 305 g/mol. The average molecular weight is 305 g/mol. The Bertz CT molecular complexity index is 856. The van der Waals surface area contributed by atoms with Gasteiger partial charge in [0.2, 0.25) is 0 Å². The summed E-state index contributed by atoms with van der Waals surface area (Å²) >= 11 is 0. The van der Waals surface area contributed by atoms with Crippen molar-refractivity contribution < 1.29 is 9.90 Å². The second-order valence-electron chi connectivity index (χ2n) is 5.17. The van der Waals surface area contributed by atoms with E-state index >= 15 is 0 Å². The second-order valence-corrected chi connectivity index (χ2v) is 5.17. The molecule has 23 heavy (non-hydrogen) atoms. The molecule has 0 bridgehead atoms. The molecule has 0 aliphatic rings. The Balaban J connectivity index is 2.14. The van der Waals surface area contributed by atoms with Gasteiger partial charge in [-0.2, -0.15) is 0 Å². The molecule has 0 fully saturated rings. The van der Waals surface area contributed by atoms with Gasteiger partial charge < -0.3 is 10.8 Å². The summed E-state index contributed by atoms with van der Waals surface area (Å²) in [6, 6.07) is 12.4. The van der Waals surface area contributed by atoms with Crippen molar-refractivity contribution in [1.82, 2.24) is 9.97 Å². The Labute approximate surface area is 133 Å². The van der Waals surface area contributed by atoms with Crippen molar-refractivity contribution >= 4 is 11.8 Å². The number of nitrogens with two attached hydrogens (primary N) is 1. The van der Waals surface area contributed by atoms with Crippen molar-refractivity contribution in [3.05, 3.63) is 66.1 Å². The number of aryl methyl sites for hydroxylation is 1. The fourth-order valence-corrected chi connectivity index (χ4v) is 2.52. The molecule has 5 heteroatoms. The number of aromatic carboxylic acids is 1. The number of nitrogen functional groups attached to an aromatic ring is 1. The van der Waals surface area contributed by atoms with Crippen LogP contribution < -0.4 is 5.73 Å². The van der Waals surface area contributed by atoms with E-state index in [0.29, 0.717) is 5.82 Å². The van der Waals surface area contributed by atoms with Crippen molar-refractivity contribution in [3.63, 3.8) is 0 Å². The van der Waals surface area contributed by atoms with Crippen LogP contribution in [0.15, 0.2) is 54.9 Å². The van der Waals surface area contributed by atoms with Gasteiger partial charge in [-0.05, 0) is 48.4 Å². The zero-order valence-electron chi connectivity index (χ0n) is 12.5. The lowest BCUT2D eigenvalue weighted by atomic mass is 9.94. The number of aromatic nitrogens is 2. The second kappa shape index (κ2) is 5.88. The minimum Gasteiger partial charge on any atom is -0.478 e. The van der Waals surface area contributed by atoms with Gasteiger partial charge in [-0.25, -0.2) is 9.78 Å². The fourth-order valence-electron chi connectivity index (χ4n) is 2.52. The Kier molecular flexibility index (Phi) is 3.76. The van der Waals surface area contributed by atoms with Gasteiger partial charge in [-0.1, -0.05) is 12.1 Å².